The van der Waals surface area contributed by atoms with Gasteiger partial charge in [-0.2, -0.15) is 0 Å². The molecular weight excluding hydrogens is 464 g/mol. The highest BCUT2D eigenvalue weighted by Crippen LogP contribution is 2.26. The van der Waals surface area contributed by atoms with Crippen molar-refractivity contribution in [2.45, 2.75) is 24.3 Å². The Morgan fingerprint density at radius 1 is 1.03 bits per heavy atom. The average molecular weight is 488 g/mol. The highest BCUT2D eigenvalue weighted by molar-refractivity contribution is 7.92. The Labute approximate surface area is 198 Å². The first-order valence-electron chi connectivity index (χ1n) is 9.83. The van der Waals surface area contributed by atoms with E-state index in [2.05, 4.69) is 10.0 Å². The Hall–Kier alpha value is -3.56. The molecule has 0 aliphatic rings. The molecule has 0 saturated heterocycles. The number of anilines is 2. The molecule has 0 aliphatic heterocycles. The van der Waals surface area contributed by atoms with Crippen molar-refractivity contribution in [3.05, 3.63) is 89.5 Å². The van der Waals surface area contributed by atoms with E-state index in [1.54, 1.807) is 54.6 Å². The fourth-order valence-electron chi connectivity index (χ4n) is 3.15. The van der Waals surface area contributed by atoms with Crippen LogP contribution in [-0.4, -0.2) is 20.2 Å². The van der Waals surface area contributed by atoms with Gasteiger partial charge in [0.25, 0.3) is 10.0 Å². The second-order valence-corrected chi connectivity index (χ2v) is 8.81. The topological polar surface area (TPSA) is 148 Å². The fraction of sp³-hybridized carbons (Fsp3) is 0.130. The SMILES string of the molecule is CCc1cc(NS(=O)(=O)c2ccccc2)cc(C(Nc2ccc(C(=N)N)cc2)C(=O)[O-])c1.Cl. The Kier molecular flexibility index (Phi) is 8.44. The molecule has 0 saturated carbocycles. The van der Waals surface area contributed by atoms with Gasteiger partial charge >= 0.3 is 0 Å². The third-order valence-corrected chi connectivity index (χ3v) is 6.20. The molecule has 0 aliphatic carbocycles. The van der Waals surface area contributed by atoms with Gasteiger partial charge in [-0.05, 0) is 66.1 Å². The van der Waals surface area contributed by atoms with Crippen molar-refractivity contribution < 1.29 is 18.3 Å². The summed E-state index contributed by atoms with van der Waals surface area (Å²) < 4.78 is 27.9. The number of nitrogen functional groups attached to an aromatic ring is 1. The van der Waals surface area contributed by atoms with Crippen molar-refractivity contribution in [3.63, 3.8) is 0 Å². The van der Waals surface area contributed by atoms with Crippen molar-refractivity contribution in [1.82, 2.24) is 0 Å². The molecule has 0 aromatic heterocycles. The van der Waals surface area contributed by atoms with Crippen molar-refractivity contribution in [1.29, 1.82) is 5.41 Å². The molecule has 1 unspecified atom stereocenters. The maximum Gasteiger partial charge on any atom is 0.261 e. The summed E-state index contributed by atoms with van der Waals surface area (Å²) in [6.45, 7) is 1.89. The van der Waals surface area contributed by atoms with E-state index in [-0.39, 0.29) is 28.8 Å². The van der Waals surface area contributed by atoms with Gasteiger partial charge in [-0.3, -0.25) is 10.1 Å². The second kappa shape index (κ2) is 10.8. The number of carboxylic acid groups (broad SMARTS) is 1. The van der Waals surface area contributed by atoms with E-state index >= 15 is 0 Å². The van der Waals surface area contributed by atoms with Gasteiger partial charge in [0.1, 0.15) is 5.84 Å². The molecule has 0 spiro atoms. The van der Waals surface area contributed by atoms with E-state index < -0.39 is 22.0 Å². The quantitative estimate of drug-likeness (QED) is 0.269. The van der Waals surface area contributed by atoms with E-state index in [9.17, 15) is 18.3 Å². The highest BCUT2D eigenvalue weighted by atomic mass is 35.5. The number of sulfonamides is 1. The van der Waals surface area contributed by atoms with Crippen molar-refractivity contribution >= 4 is 45.6 Å². The minimum Gasteiger partial charge on any atom is -0.548 e. The monoisotopic (exact) mass is 487 g/mol. The summed E-state index contributed by atoms with van der Waals surface area (Å²) in [5.41, 5.74) is 7.79. The summed E-state index contributed by atoms with van der Waals surface area (Å²) in [7, 11) is -3.84. The molecule has 0 fully saturated rings. The largest absolute Gasteiger partial charge is 0.548 e. The van der Waals surface area contributed by atoms with Crippen LogP contribution in [0.25, 0.3) is 0 Å². The van der Waals surface area contributed by atoms with Crippen molar-refractivity contribution in [3.8, 4) is 0 Å². The first kappa shape index (κ1) is 25.7. The van der Waals surface area contributed by atoms with Crippen LogP contribution in [0.15, 0.2) is 77.7 Å². The number of benzene rings is 3. The van der Waals surface area contributed by atoms with Gasteiger partial charge in [0, 0.05) is 16.9 Å². The van der Waals surface area contributed by atoms with Gasteiger partial charge in [-0.1, -0.05) is 31.2 Å². The maximum absolute atomic E-state index is 12.7. The number of hydrogen-bond donors (Lipinski definition) is 4. The van der Waals surface area contributed by atoms with E-state index in [0.29, 0.717) is 23.2 Å². The predicted molar refractivity (Wildman–Crippen MR) is 129 cm³/mol. The third-order valence-electron chi connectivity index (χ3n) is 4.81. The predicted octanol–water partition coefficient (Wildman–Crippen LogP) is 2.66. The molecule has 0 radical (unpaired) electrons. The smallest absolute Gasteiger partial charge is 0.261 e. The maximum atomic E-state index is 12.7. The first-order chi connectivity index (χ1) is 15.2. The Balaban J connectivity index is 0.00000385. The zero-order valence-corrected chi connectivity index (χ0v) is 19.4. The molecular formula is C23H24ClN4O4S-. The zero-order valence-electron chi connectivity index (χ0n) is 17.7. The molecule has 0 heterocycles. The van der Waals surface area contributed by atoms with Gasteiger partial charge in [0.05, 0.1) is 16.9 Å². The van der Waals surface area contributed by atoms with Gasteiger partial charge in [-0.25, -0.2) is 8.42 Å². The molecule has 174 valence electrons. The Morgan fingerprint density at radius 3 is 2.21 bits per heavy atom. The molecule has 3 rings (SSSR count). The lowest BCUT2D eigenvalue weighted by atomic mass is 10.0. The van der Waals surface area contributed by atoms with Crippen molar-refractivity contribution in [2.75, 3.05) is 10.0 Å². The lowest BCUT2D eigenvalue weighted by Gasteiger charge is -2.23. The molecule has 0 bridgehead atoms. The number of hydrogen-bond acceptors (Lipinski definition) is 6. The number of nitrogens with one attached hydrogen (secondary N) is 3. The minimum absolute atomic E-state index is 0. The molecule has 8 nitrogen and oxygen atoms in total. The van der Waals surface area contributed by atoms with E-state index in [0.717, 1.165) is 5.56 Å². The van der Waals surface area contributed by atoms with Crippen LogP contribution >= 0.6 is 12.4 Å². The minimum atomic E-state index is -3.84. The average Bonchev–Trinajstić information content (AvgIpc) is 2.77. The number of carbonyl (C=O) groups excluding carboxylic acids is 1. The van der Waals surface area contributed by atoms with E-state index in [1.807, 2.05) is 6.92 Å². The normalized spacial score (nSPS) is 11.7. The van der Waals surface area contributed by atoms with Gasteiger partial charge < -0.3 is 21.0 Å². The summed E-state index contributed by atoms with van der Waals surface area (Å²) in [5, 5.41) is 22.3. The van der Waals surface area contributed by atoms with Crippen LogP contribution in [0.1, 0.15) is 29.7 Å². The van der Waals surface area contributed by atoms with Crippen LogP contribution in [0.5, 0.6) is 0 Å². The molecule has 3 aromatic carbocycles. The van der Waals surface area contributed by atoms with Gasteiger partial charge in [0.2, 0.25) is 0 Å². The number of nitrogens with two attached hydrogens (primary N) is 1. The standard InChI is InChI=1S/C23H24N4O4S.ClH/c1-2-15-12-17(14-19(13-15)27-32(30,31)20-6-4-3-5-7-20)21(23(28)29)26-18-10-8-16(9-11-18)22(24)25;/h3-14,21,26-27H,2H2,1H3,(H3,24,25)(H,28,29);1H/p-1. The van der Waals surface area contributed by atoms with Gasteiger partial charge in [0.15, 0.2) is 0 Å². The number of rotatable bonds is 9. The first-order valence-corrected chi connectivity index (χ1v) is 11.3. The lowest BCUT2D eigenvalue weighted by molar-refractivity contribution is -0.307. The highest BCUT2D eigenvalue weighted by Gasteiger charge is 2.18. The summed E-state index contributed by atoms with van der Waals surface area (Å²) in [6, 6.07) is 17.9. The summed E-state index contributed by atoms with van der Waals surface area (Å²) >= 11 is 0. The number of amidine groups is 1. The summed E-state index contributed by atoms with van der Waals surface area (Å²) in [6.07, 6.45) is 0.570. The summed E-state index contributed by atoms with van der Waals surface area (Å²) in [5.74, 6) is -1.47. The Bertz CT molecular complexity index is 1230. The molecule has 3 aromatic rings. The van der Waals surface area contributed by atoms with Crippen molar-refractivity contribution in [2.24, 2.45) is 5.73 Å². The molecule has 1 atom stereocenters. The number of aryl methyl sites for hydroxylation is 1. The Morgan fingerprint density at radius 2 is 1.67 bits per heavy atom. The molecule has 33 heavy (non-hydrogen) atoms. The van der Waals surface area contributed by atoms with Crippen LogP contribution in [0.3, 0.4) is 0 Å². The van der Waals surface area contributed by atoms with Crippen LogP contribution in [0.2, 0.25) is 0 Å². The van der Waals surface area contributed by atoms with Crippen LogP contribution in [0.4, 0.5) is 11.4 Å². The molecule has 0 amide bonds. The fourth-order valence-corrected chi connectivity index (χ4v) is 4.21. The zero-order chi connectivity index (χ0) is 23.3. The summed E-state index contributed by atoms with van der Waals surface area (Å²) in [4.78, 5) is 12.0. The number of carboxylic acids is 1. The molecule has 5 N–H and O–H groups in total. The molecule has 10 heteroatoms. The second-order valence-electron chi connectivity index (χ2n) is 7.12. The third kappa shape index (κ3) is 6.47. The lowest BCUT2D eigenvalue weighted by Crippen LogP contribution is -2.34. The number of aliphatic carboxylic acids is 1. The van der Waals surface area contributed by atoms with Gasteiger partial charge in [-0.15, -0.1) is 12.4 Å². The van der Waals surface area contributed by atoms with Crippen LogP contribution in [0, 0.1) is 5.41 Å². The number of carbonyl (C=O) groups is 1. The van der Waals surface area contributed by atoms with Crippen LogP contribution in [-0.2, 0) is 21.2 Å². The van der Waals surface area contributed by atoms with Crippen LogP contribution < -0.4 is 20.9 Å². The van der Waals surface area contributed by atoms with E-state index in [4.69, 9.17) is 11.1 Å². The number of halogens is 1. The van der Waals surface area contributed by atoms with E-state index in [1.165, 1.54) is 18.2 Å².